The molecular formula is C13H13ClN2O3. The van der Waals surface area contributed by atoms with Gasteiger partial charge in [-0.1, -0.05) is 23.8 Å². The van der Waals surface area contributed by atoms with Crippen LogP contribution in [-0.2, 0) is 9.59 Å². The van der Waals surface area contributed by atoms with E-state index in [-0.39, 0.29) is 5.91 Å². The van der Waals surface area contributed by atoms with Crippen LogP contribution >= 0.6 is 11.6 Å². The smallest absolute Gasteiger partial charge is 0.307 e. The minimum Gasteiger partial charge on any atom is -0.481 e. The van der Waals surface area contributed by atoms with Crippen LogP contribution in [0.3, 0.4) is 0 Å². The molecule has 1 aliphatic carbocycles. The van der Waals surface area contributed by atoms with E-state index in [1.165, 1.54) is 12.4 Å². The van der Waals surface area contributed by atoms with Gasteiger partial charge in [-0.05, 0) is 18.9 Å². The number of pyridine rings is 1. The van der Waals surface area contributed by atoms with Crippen molar-refractivity contribution in [3.8, 4) is 0 Å². The molecule has 0 bridgehead atoms. The highest BCUT2D eigenvalue weighted by atomic mass is 35.5. The van der Waals surface area contributed by atoms with Crippen molar-refractivity contribution in [2.45, 2.75) is 12.8 Å². The van der Waals surface area contributed by atoms with Gasteiger partial charge in [0.05, 0.1) is 28.7 Å². The van der Waals surface area contributed by atoms with Gasteiger partial charge in [-0.2, -0.15) is 0 Å². The Morgan fingerprint density at radius 2 is 2.00 bits per heavy atom. The van der Waals surface area contributed by atoms with Crippen molar-refractivity contribution in [2.24, 2.45) is 11.8 Å². The Bertz CT molecular complexity index is 530. The summed E-state index contributed by atoms with van der Waals surface area (Å²) in [6, 6.07) is 1.56. The molecule has 0 fully saturated rings. The monoisotopic (exact) mass is 280 g/mol. The van der Waals surface area contributed by atoms with Crippen molar-refractivity contribution in [1.82, 2.24) is 4.98 Å². The van der Waals surface area contributed by atoms with Crippen LogP contribution in [0.1, 0.15) is 12.8 Å². The summed E-state index contributed by atoms with van der Waals surface area (Å²) < 4.78 is 0. The number of carboxylic acid groups (broad SMARTS) is 1. The number of nitrogens with zero attached hydrogens (tertiary/aromatic N) is 1. The van der Waals surface area contributed by atoms with Crippen LogP contribution in [-0.4, -0.2) is 22.0 Å². The van der Waals surface area contributed by atoms with E-state index in [1.54, 1.807) is 12.1 Å². The molecule has 1 aromatic rings. The van der Waals surface area contributed by atoms with Gasteiger partial charge in [0, 0.05) is 6.20 Å². The second kappa shape index (κ2) is 5.84. The minimum atomic E-state index is -0.957. The number of allylic oxidation sites excluding steroid dienone is 2. The Balaban J connectivity index is 2.13. The van der Waals surface area contributed by atoms with Gasteiger partial charge in [0.2, 0.25) is 5.91 Å². The number of carboxylic acids is 1. The third-order valence-electron chi connectivity index (χ3n) is 3.11. The highest BCUT2D eigenvalue weighted by Gasteiger charge is 2.34. The molecule has 2 atom stereocenters. The third-order valence-corrected chi connectivity index (χ3v) is 3.44. The maximum atomic E-state index is 12.1. The molecule has 0 aliphatic heterocycles. The second-order valence-corrected chi connectivity index (χ2v) is 4.75. The Kier molecular flexibility index (Phi) is 4.16. The van der Waals surface area contributed by atoms with Crippen LogP contribution in [0, 0.1) is 11.8 Å². The quantitative estimate of drug-likeness (QED) is 0.833. The molecule has 6 heteroatoms. The Morgan fingerprint density at radius 3 is 2.63 bits per heavy atom. The number of amides is 1. The number of halogens is 1. The van der Waals surface area contributed by atoms with Crippen molar-refractivity contribution >= 4 is 29.2 Å². The van der Waals surface area contributed by atoms with Crippen LogP contribution in [0.5, 0.6) is 0 Å². The van der Waals surface area contributed by atoms with Gasteiger partial charge < -0.3 is 10.4 Å². The van der Waals surface area contributed by atoms with Crippen LogP contribution in [0.4, 0.5) is 5.69 Å². The fourth-order valence-corrected chi connectivity index (χ4v) is 2.22. The highest BCUT2D eigenvalue weighted by Crippen LogP contribution is 2.28. The van der Waals surface area contributed by atoms with E-state index in [9.17, 15) is 9.59 Å². The lowest BCUT2D eigenvalue weighted by Gasteiger charge is -2.24. The number of hydrogen-bond donors (Lipinski definition) is 2. The first kappa shape index (κ1) is 13.5. The second-order valence-electron chi connectivity index (χ2n) is 4.34. The van der Waals surface area contributed by atoms with Gasteiger partial charge in [0.25, 0.3) is 0 Å². The average molecular weight is 281 g/mol. The summed E-state index contributed by atoms with van der Waals surface area (Å²) in [6.07, 6.45) is 7.36. The summed E-state index contributed by atoms with van der Waals surface area (Å²) >= 11 is 5.92. The Morgan fingerprint density at radius 1 is 1.32 bits per heavy atom. The molecule has 1 heterocycles. The maximum Gasteiger partial charge on any atom is 0.307 e. The van der Waals surface area contributed by atoms with Crippen molar-refractivity contribution in [3.05, 3.63) is 35.6 Å². The molecule has 0 radical (unpaired) electrons. The molecule has 19 heavy (non-hydrogen) atoms. The zero-order valence-corrected chi connectivity index (χ0v) is 10.8. The topological polar surface area (TPSA) is 79.3 Å². The number of hydrogen-bond acceptors (Lipinski definition) is 3. The Hall–Kier alpha value is -1.88. The summed E-state index contributed by atoms with van der Waals surface area (Å²) in [7, 11) is 0. The first-order chi connectivity index (χ1) is 9.09. The molecular weight excluding hydrogens is 268 g/mol. The van der Waals surface area contributed by atoms with E-state index in [0.717, 1.165) is 0 Å². The normalized spacial score (nSPS) is 21.9. The van der Waals surface area contributed by atoms with Crippen molar-refractivity contribution in [2.75, 3.05) is 5.32 Å². The molecule has 1 aliphatic rings. The first-order valence-electron chi connectivity index (χ1n) is 5.87. The van der Waals surface area contributed by atoms with Crippen molar-refractivity contribution in [1.29, 1.82) is 0 Å². The fourth-order valence-electron chi connectivity index (χ4n) is 2.07. The van der Waals surface area contributed by atoms with Gasteiger partial charge in [-0.3, -0.25) is 14.6 Å². The summed E-state index contributed by atoms with van der Waals surface area (Å²) in [5, 5.41) is 12.1. The molecule has 1 aromatic heterocycles. The first-order valence-corrected chi connectivity index (χ1v) is 6.25. The molecule has 5 nitrogen and oxygen atoms in total. The van der Waals surface area contributed by atoms with Crippen molar-refractivity contribution < 1.29 is 14.7 Å². The number of aromatic nitrogens is 1. The van der Waals surface area contributed by atoms with E-state index in [1.807, 2.05) is 6.08 Å². The van der Waals surface area contributed by atoms with E-state index >= 15 is 0 Å². The lowest BCUT2D eigenvalue weighted by molar-refractivity contribution is -0.146. The largest absolute Gasteiger partial charge is 0.481 e. The number of aliphatic carboxylic acids is 1. The van der Waals surface area contributed by atoms with Crippen LogP contribution < -0.4 is 5.32 Å². The number of anilines is 1. The predicted molar refractivity (Wildman–Crippen MR) is 70.9 cm³/mol. The zero-order valence-electron chi connectivity index (χ0n) is 10.0. The molecule has 1 amide bonds. The van der Waals surface area contributed by atoms with Gasteiger partial charge in [-0.15, -0.1) is 0 Å². The number of carbonyl (C=O) groups is 2. The lowest BCUT2D eigenvalue weighted by Crippen LogP contribution is -2.34. The Labute approximate surface area is 115 Å². The van der Waals surface area contributed by atoms with Gasteiger partial charge in [0.15, 0.2) is 0 Å². The molecule has 0 saturated heterocycles. The highest BCUT2D eigenvalue weighted by molar-refractivity contribution is 6.33. The van der Waals surface area contributed by atoms with Gasteiger partial charge >= 0.3 is 5.97 Å². The molecule has 0 aromatic carbocycles. The lowest BCUT2D eigenvalue weighted by atomic mass is 9.82. The fraction of sp³-hybridized carbons (Fsp3) is 0.308. The van der Waals surface area contributed by atoms with Crippen LogP contribution in [0.15, 0.2) is 30.6 Å². The summed E-state index contributed by atoms with van der Waals surface area (Å²) in [4.78, 5) is 27.1. The van der Waals surface area contributed by atoms with E-state index in [4.69, 9.17) is 16.7 Å². The van der Waals surface area contributed by atoms with E-state index < -0.39 is 17.8 Å². The summed E-state index contributed by atoms with van der Waals surface area (Å²) in [5.41, 5.74) is 0.396. The SMILES string of the molecule is O=C(O)[C@H]1CC=CC[C@H]1C(=O)Nc1cnccc1Cl. The van der Waals surface area contributed by atoms with Gasteiger partial charge in [-0.25, -0.2) is 0 Å². The summed E-state index contributed by atoms with van der Waals surface area (Å²) in [5.74, 6) is -2.58. The molecule has 0 unspecified atom stereocenters. The number of carbonyl (C=O) groups excluding carboxylic acids is 1. The number of rotatable bonds is 3. The molecule has 0 saturated carbocycles. The van der Waals surface area contributed by atoms with Crippen LogP contribution in [0.2, 0.25) is 5.02 Å². The maximum absolute atomic E-state index is 12.1. The average Bonchev–Trinajstić information content (AvgIpc) is 2.41. The predicted octanol–water partition coefficient (Wildman–Crippen LogP) is 2.34. The third kappa shape index (κ3) is 3.12. The summed E-state index contributed by atoms with van der Waals surface area (Å²) in [6.45, 7) is 0. The molecule has 2 N–H and O–H groups in total. The van der Waals surface area contributed by atoms with Crippen LogP contribution in [0.25, 0.3) is 0 Å². The number of nitrogens with one attached hydrogen (secondary N) is 1. The van der Waals surface area contributed by atoms with Gasteiger partial charge in [0.1, 0.15) is 0 Å². The van der Waals surface area contributed by atoms with Crippen molar-refractivity contribution in [3.63, 3.8) is 0 Å². The van der Waals surface area contributed by atoms with E-state index in [0.29, 0.717) is 23.6 Å². The van der Waals surface area contributed by atoms with E-state index in [2.05, 4.69) is 10.3 Å². The molecule has 2 rings (SSSR count). The molecule has 0 spiro atoms. The molecule has 100 valence electrons. The standard InChI is InChI=1S/C13H13ClN2O3/c14-10-5-6-15-7-11(10)16-12(17)8-3-1-2-4-9(8)13(18)19/h1-2,5-9H,3-4H2,(H,16,17)(H,18,19)/t8-,9+/m1/s1. The zero-order chi connectivity index (χ0) is 13.8. The minimum absolute atomic E-state index is 0.341.